The van der Waals surface area contributed by atoms with E-state index in [4.69, 9.17) is 0 Å². The summed E-state index contributed by atoms with van der Waals surface area (Å²) in [6, 6.07) is 0. The van der Waals surface area contributed by atoms with Gasteiger partial charge >= 0.3 is 6.18 Å². The van der Waals surface area contributed by atoms with Crippen LogP contribution in [0.25, 0.3) is 0 Å². The molecule has 0 spiro atoms. The third kappa shape index (κ3) is 0.967. The van der Waals surface area contributed by atoms with Crippen molar-refractivity contribution in [3.63, 3.8) is 0 Å². The van der Waals surface area contributed by atoms with Crippen LogP contribution in [-0.2, 0) is 0 Å². The summed E-state index contributed by atoms with van der Waals surface area (Å²) in [4.78, 5) is 0. The molecule has 4 unspecified atom stereocenters. The van der Waals surface area contributed by atoms with E-state index in [0.717, 1.165) is 0 Å². The maximum Gasteiger partial charge on any atom is 0.395 e. The number of hydrogen-bond donors (Lipinski definition) is 0. The van der Waals surface area contributed by atoms with Crippen molar-refractivity contribution in [3.05, 3.63) is 12.2 Å². The van der Waals surface area contributed by atoms with Crippen LogP contribution in [0.3, 0.4) is 0 Å². The van der Waals surface area contributed by atoms with Crippen molar-refractivity contribution in [2.24, 2.45) is 17.8 Å². The minimum atomic E-state index is -4.37. The van der Waals surface area contributed by atoms with Crippen LogP contribution in [0.4, 0.5) is 17.6 Å². The van der Waals surface area contributed by atoms with Gasteiger partial charge in [-0.25, -0.2) is 4.39 Å². The summed E-state index contributed by atoms with van der Waals surface area (Å²) < 4.78 is 49.6. The summed E-state index contributed by atoms with van der Waals surface area (Å²) in [6.07, 6.45) is -2.68. The summed E-state index contributed by atoms with van der Waals surface area (Å²) >= 11 is 0. The van der Waals surface area contributed by atoms with Gasteiger partial charge in [-0.1, -0.05) is 12.2 Å². The molecule has 0 heterocycles. The van der Waals surface area contributed by atoms with E-state index >= 15 is 0 Å². The summed E-state index contributed by atoms with van der Waals surface area (Å²) in [7, 11) is 0. The van der Waals surface area contributed by atoms with Gasteiger partial charge in [-0.05, 0) is 12.3 Å². The van der Waals surface area contributed by atoms with Gasteiger partial charge in [0.1, 0.15) is 6.17 Å². The van der Waals surface area contributed by atoms with Gasteiger partial charge in [0.15, 0.2) is 0 Å². The first-order valence-electron chi connectivity index (χ1n) is 3.89. The quantitative estimate of drug-likeness (QED) is 0.397. The zero-order valence-corrected chi connectivity index (χ0v) is 6.18. The average molecular weight is 180 g/mol. The average Bonchev–Trinajstić information content (AvgIpc) is 2.42. The molecule has 2 aliphatic carbocycles. The third-order valence-electron chi connectivity index (χ3n) is 2.74. The molecule has 4 heteroatoms. The van der Waals surface area contributed by atoms with Crippen molar-refractivity contribution in [1.29, 1.82) is 0 Å². The molecule has 0 radical (unpaired) electrons. The van der Waals surface area contributed by atoms with Crippen LogP contribution in [0.15, 0.2) is 12.2 Å². The second kappa shape index (κ2) is 2.24. The molecular formula is C8H8F4. The molecule has 0 nitrogen and oxygen atoms in total. The number of hydrogen-bond acceptors (Lipinski definition) is 0. The van der Waals surface area contributed by atoms with Crippen LogP contribution in [0.5, 0.6) is 0 Å². The molecule has 2 aliphatic rings. The smallest absolute Gasteiger partial charge is 0.246 e. The van der Waals surface area contributed by atoms with Crippen molar-refractivity contribution in [2.45, 2.75) is 18.8 Å². The second-order valence-electron chi connectivity index (χ2n) is 3.46. The Morgan fingerprint density at radius 1 is 1.08 bits per heavy atom. The van der Waals surface area contributed by atoms with Crippen LogP contribution in [0.1, 0.15) is 6.42 Å². The molecule has 2 bridgehead atoms. The highest BCUT2D eigenvalue weighted by atomic mass is 19.4. The van der Waals surface area contributed by atoms with Gasteiger partial charge in [0.2, 0.25) is 0 Å². The molecule has 0 saturated heterocycles. The molecule has 4 atom stereocenters. The maximum absolute atomic E-state index is 13.0. The normalized spacial score (nSPS) is 45.7. The fourth-order valence-corrected chi connectivity index (χ4v) is 2.19. The standard InChI is InChI=1S/C8H8F4/c9-7-5-2-1-4(3-5)6(7)8(10,11)12/h1-2,4-7H,3H2. The number of halogens is 4. The molecule has 0 aromatic rings. The molecule has 2 rings (SSSR count). The second-order valence-corrected chi connectivity index (χ2v) is 3.46. The number of rotatable bonds is 0. The lowest BCUT2D eigenvalue weighted by atomic mass is 9.91. The third-order valence-corrected chi connectivity index (χ3v) is 2.74. The van der Waals surface area contributed by atoms with Crippen molar-refractivity contribution in [3.8, 4) is 0 Å². The van der Waals surface area contributed by atoms with E-state index in [1.54, 1.807) is 6.08 Å². The van der Waals surface area contributed by atoms with Gasteiger partial charge in [-0.2, -0.15) is 13.2 Å². The highest BCUT2D eigenvalue weighted by Gasteiger charge is 2.57. The van der Waals surface area contributed by atoms with E-state index in [0.29, 0.717) is 6.42 Å². The predicted octanol–water partition coefficient (Wildman–Crippen LogP) is 2.71. The van der Waals surface area contributed by atoms with Crippen LogP contribution in [-0.4, -0.2) is 12.3 Å². The summed E-state index contributed by atoms with van der Waals surface area (Å²) in [5.41, 5.74) is 0. The van der Waals surface area contributed by atoms with Gasteiger partial charge in [0.25, 0.3) is 0 Å². The number of alkyl halides is 4. The molecule has 0 aromatic heterocycles. The fourth-order valence-electron chi connectivity index (χ4n) is 2.19. The fraction of sp³-hybridized carbons (Fsp3) is 0.750. The zero-order valence-electron chi connectivity index (χ0n) is 6.18. The van der Waals surface area contributed by atoms with Crippen LogP contribution >= 0.6 is 0 Å². The predicted molar refractivity (Wildman–Crippen MR) is 35.2 cm³/mol. The van der Waals surface area contributed by atoms with Crippen LogP contribution < -0.4 is 0 Å². The Morgan fingerprint density at radius 2 is 1.67 bits per heavy atom. The lowest BCUT2D eigenvalue weighted by molar-refractivity contribution is -0.194. The van der Waals surface area contributed by atoms with Gasteiger partial charge in [-0.15, -0.1) is 0 Å². The Kier molecular flexibility index (Phi) is 1.50. The summed E-state index contributed by atoms with van der Waals surface area (Å²) in [6.45, 7) is 0. The number of allylic oxidation sites excluding steroid dienone is 2. The zero-order chi connectivity index (χ0) is 8.93. The SMILES string of the molecule is FC1C2C=CC(C2)C1C(F)(F)F. The van der Waals surface area contributed by atoms with Crippen molar-refractivity contribution in [1.82, 2.24) is 0 Å². The molecular weight excluding hydrogens is 172 g/mol. The van der Waals surface area contributed by atoms with E-state index in [1.807, 2.05) is 0 Å². The van der Waals surface area contributed by atoms with Crippen molar-refractivity contribution < 1.29 is 17.6 Å². The molecule has 68 valence electrons. The Balaban J connectivity index is 2.24. The van der Waals surface area contributed by atoms with E-state index in [9.17, 15) is 17.6 Å². The van der Waals surface area contributed by atoms with Gasteiger partial charge in [0, 0.05) is 5.92 Å². The summed E-state index contributed by atoms with van der Waals surface area (Å²) in [5, 5.41) is 0. The molecule has 0 N–H and O–H groups in total. The molecule has 0 aliphatic heterocycles. The molecule has 1 fully saturated rings. The Labute approximate surface area is 67.3 Å². The topological polar surface area (TPSA) is 0 Å². The van der Waals surface area contributed by atoms with Crippen molar-refractivity contribution >= 4 is 0 Å². The van der Waals surface area contributed by atoms with E-state index in [2.05, 4.69) is 0 Å². The largest absolute Gasteiger partial charge is 0.395 e. The molecule has 12 heavy (non-hydrogen) atoms. The number of fused-ring (bicyclic) bond motifs is 2. The molecule has 0 aromatic carbocycles. The Morgan fingerprint density at radius 3 is 2.00 bits per heavy atom. The minimum absolute atomic E-state index is 0.339. The van der Waals surface area contributed by atoms with Gasteiger partial charge < -0.3 is 0 Å². The molecule has 1 saturated carbocycles. The van der Waals surface area contributed by atoms with Crippen LogP contribution in [0, 0.1) is 17.8 Å². The lowest BCUT2D eigenvalue weighted by Crippen LogP contribution is -2.34. The molecule has 0 amide bonds. The Hall–Kier alpha value is -0.540. The lowest BCUT2D eigenvalue weighted by Gasteiger charge is -2.24. The maximum atomic E-state index is 13.0. The van der Waals surface area contributed by atoms with E-state index < -0.39 is 30.1 Å². The first-order valence-corrected chi connectivity index (χ1v) is 3.89. The van der Waals surface area contributed by atoms with Gasteiger partial charge in [0.05, 0.1) is 5.92 Å². The van der Waals surface area contributed by atoms with E-state index in [1.165, 1.54) is 6.08 Å². The van der Waals surface area contributed by atoms with Crippen molar-refractivity contribution in [2.75, 3.05) is 0 Å². The highest BCUT2D eigenvalue weighted by molar-refractivity contribution is 5.15. The van der Waals surface area contributed by atoms with Crippen LogP contribution in [0.2, 0.25) is 0 Å². The first-order chi connectivity index (χ1) is 5.50. The van der Waals surface area contributed by atoms with Gasteiger partial charge in [-0.3, -0.25) is 0 Å². The van der Waals surface area contributed by atoms with E-state index in [-0.39, 0.29) is 0 Å². The minimum Gasteiger partial charge on any atom is -0.246 e. The Bertz CT molecular complexity index is 218. The summed E-state index contributed by atoms with van der Waals surface area (Å²) in [5.74, 6) is -2.83. The monoisotopic (exact) mass is 180 g/mol. The first kappa shape index (κ1) is 8.08. The highest BCUT2D eigenvalue weighted by Crippen LogP contribution is 2.51.